The Morgan fingerprint density at radius 1 is 1.15 bits per heavy atom. The first-order chi connectivity index (χ1) is 15.3. The molecule has 3 rings (SSSR count). The summed E-state index contributed by atoms with van der Waals surface area (Å²) in [5.74, 6) is -0.889. The number of fused-ring (bicyclic) bond motifs is 1. The van der Waals surface area contributed by atoms with Crippen molar-refractivity contribution in [3.05, 3.63) is 35.9 Å². The molecule has 2 saturated heterocycles. The van der Waals surface area contributed by atoms with Crippen LogP contribution in [0.4, 0.5) is 4.79 Å². The van der Waals surface area contributed by atoms with Crippen LogP contribution in [0, 0.1) is 0 Å². The van der Waals surface area contributed by atoms with Gasteiger partial charge in [-0.25, -0.2) is 4.79 Å². The van der Waals surface area contributed by atoms with Gasteiger partial charge in [0, 0.05) is 7.11 Å². The van der Waals surface area contributed by atoms with E-state index in [4.69, 9.17) is 23.4 Å². The number of likely N-dealkylation sites (tertiary alicyclic amines) is 1. The van der Waals surface area contributed by atoms with Crippen molar-refractivity contribution in [1.82, 2.24) is 4.90 Å². The fraction of sp³-hybridized carbons (Fsp3) is 0.708. The first-order valence-electron chi connectivity index (χ1n) is 11.5. The molecule has 2 aliphatic rings. The van der Waals surface area contributed by atoms with Crippen molar-refractivity contribution in [1.29, 1.82) is 0 Å². The molecule has 9 heteroatoms. The van der Waals surface area contributed by atoms with E-state index in [1.54, 1.807) is 0 Å². The molecule has 1 amide bonds. The Morgan fingerprint density at radius 2 is 1.76 bits per heavy atom. The molecule has 0 bridgehead atoms. The molecule has 0 aliphatic carbocycles. The van der Waals surface area contributed by atoms with E-state index in [-0.39, 0.29) is 18.3 Å². The number of piperidine rings is 1. The van der Waals surface area contributed by atoms with Crippen LogP contribution in [-0.2, 0) is 30.0 Å². The fourth-order valence-electron chi connectivity index (χ4n) is 4.15. The third-order valence-electron chi connectivity index (χ3n) is 6.86. The smallest absolute Gasteiger partial charge is 0.412 e. The van der Waals surface area contributed by atoms with Crippen molar-refractivity contribution >= 4 is 14.4 Å². The quantitative estimate of drug-likeness (QED) is 0.617. The number of benzene rings is 1. The van der Waals surface area contributed by atoms with Crippen molar-refractivity contribution < 1.29 is 33.3 Å². The third kappa shape index (κ3) is 5.44. The molecule has 186 valence electrons. The van der Waals surface area contributed by atoms with E-state index in [0.717, 1.165) is 5.56 Å². The van der Waals surface area contributed by atoms with E-state index in [1.807, 2.05) is 44.2 Å². The monoisotopic (exact) mass is 481 g/mol. The molecule has 1 N–H and O–H groups in total. The molecule has 33 heavy (non-hydrogen) atoms. The predicted molar refractivity (Wildman–Crippen MR) is 126 cm³/mol. The van der Waals surface area contributed by atoms with E-state index >= 15 is 0 Å². The number of nitrogens with zero attached hydrogens (tertiary/aromatic N) is 1. The topological polar surface area (TPSA) is 86.7 Å². The summed E-state index contributed by atoms with van der Waals surface area (Å²) in [6, 6.07) is 8.74. The van der Waals surface area contributed by atoms with Gasteiger partial charge < -0.3 is 28.5 Å². The number of rotatable bonds is 6. The molecule has 2 fully saturated rings. The number of aliphatic hydroxyl groups excluding tert-OH is 1. The maximum absolute atomic E-state index is 13.3. The minimum atomic E-state index is -2.28. The molecule has 5 atom stereocenters. The second-order valence-electron chi connectivity index (χ2n) is 10.7. The van der Waals surface area contributed by atoms with Crippen LogP contribution in [0.25, 0.3) is 0 Å². The molecule has 2 heterocycles. The van der Waals surface area contributed by atoms with Gasteiger partial charge in [-0.3, -0.25) is 4.90 Å². The van der Waals surface area contributed by atoms with Gasteiger partial charge in [-0.1, -0.05) is 51.1 Å². The number of carbonyl (C=O) groups excluding carboxylic acids is 1. The van der Waals surface area contributed by atoms with Crippen molar-refractivity contribution in [2.24, 2.45) is 0 Å². The first kappa shape index (κ1) is 26.1. The molecule has 0 spiro atoms. The first-order valence-corrected chi connectivity index (χ1v) is 14.4. The Bertz CT molecular complexity index is 811. The number of amides is 1. The fourth-order valence-corrected chi connectivity index (χ4v) is 5.44. The molecule has 1 aromatic carbocycles. The molecule has 0 aromatic heterocycles. The highest BCUT2D eigenvalue weighted by atomic mass is 28.4. The largest absolute Gasteiger partial charge is 0.444 e. The van der Waals surface area contributed by atoms with Crippen LogP contribution >= 0.6 is 0 Å². The normalized spacial score (nSPS) is 29.6. The highest BCUT2D eigenvalue weighted by molar-refractivity contribution is 6.74. The average molecular weight is 482 g/mol. The Labute approximate surface area is 198 Å². The molecular formula is C24H39NO7Si. The van der Waals surface area contributed by atoms with Gasteiger partial charge in [0.2, 0.25) is 0 Å². The highest BCUT2D eigenvalue weighted by Gasteiger charge is 2.61. The van der Waals surface area contributed by atoms with Gasteiger partial charge in [0.05, 0.1) is 12.6 Å². The summed E-state index contributed by atoms with van der Waals surface area (Å²) in [5.41, 5.74) is 0.867. The van der Waals surface area contributed by atoms with Gasteiger partial charge in [-0.2, -0.15) is 0 Å². The minimum absolute atomic E-state index is 0.0672. The van der Waals surface area contributed by atoms with Gasteiger partial charge in [-0.15, -0.1) is 0 Å². The second kappa shape index (κ2) is 9.63. The maximum Gasteiger partial charge on any atom is 0.412 e. The van der Waals surface area contributed by atoms with Crippen molar-refractivity contribution in [2.75, 3.05) is 13.7 Å². The standard InChI is InChI=1S/C24H39NO7Si/c1-23(2,3)33(7,8)32-20-19-18(30-24(4,5)31-19)17(14-26)25(21(20)28-6)22(27)29-15-16-12-10-9-11-13-16/h9-13,17-21,26H,14-15H2,1-8H3/t17-,18+,19+,20-,21?/m1/s1. The molecule has 0 radical (unpaired) electrons. The van der Waals surface area contributed by atoms with Crippen LogP contribution in [0.5, 0.6) is 0 Å². The summed E-state index contributed by atoms with van der Waals surface area (Å²) >= 11 is 0. The summed E-state index contributed by atoms with van der Waals surface area (Å²) < 4.78 is 30.7. The Hall–Kier alpha value is -1.49. The predicted octanol–water partition coefficient (Wildman–Crippen LogP) is 3.88. The van der Waals surface area contributed by atoms with Crippen LogP contribution in [0.15, 0.2) is 30.3 Å². The van der Waals surface area contributed by atoms with Gasteiger partial charge in [0.1, 0.15) is 24.9 Å². The number of aliphatic hydroxyl groups is 1. The Balaban J connectivity index is 1.94. The summed E-state index contributed by atoms with van der Waals surface area (Å²) in [6.07, 6.45) is -3.10. The highest BCUT2D eigenvalue weighted by Crippen LogP contribution is 2.44. The van der Waals surface area contributed by atoms with Crippen LogP contribution in [0.1, 0.15) is 40.2 Å². The van der Waals surface area contributed by atoms with Gasteiger partial charge >= 0.3 is 6.09 Å². The zero-order valence-electron chi connectivity index (χ0n) is 21.0. The van der Waals surface area contributed by atoms with E-state index in [0.29, 0.717) is 0 Å². The van der Waals surface area contributed by atoms with Crippen LogP contribution in [0.3, 0.4) is 0 Å². The van der Waals surface area contributed by atoms with Crippen LogP contribution in [-0.4, -0.2) is 74.5 Å². The molecular weight excluding hydrogens is 442 g/mol. The van der Waals surface area contributed by atoms with Gasteiger partial charge in [-0.05, 0) is 37.5 Å². The summed E-state index contributed by atoms with van der Waals surface area (Å²) in [7, 11) is -0.754. The number of carbonyl (C=O) groups is 1. The lowest BCUT2D eigenvalue weighted by Crippen LogP contribution is -2.70. The van der Waals surface area contributed by atoms with E-state index < -0.39 is 50.8 Å². The molecule has 1 unspecified atom stereocenters. The maximum atomic E-state index is 13.3. The SMILES string of the molecule is COC1[C@H](O[Si](C)(C)C(C)(C)C)[C@H]2OC(C)(C)O[C@H]2[C@@H](CO)N1C(=O)OCc1ccccc1. The van der Waals surface area contributed by atoms with Crippen molar-refractivity contribution in [3.63, 3.8) is 0 Å². The Morgan fingerprint density at radius 3 is 2.30 bits per heavy atom. The number of hydrogen-bond donors (Lipinski definition) is 1. The van der Waals surface area contributed by atoms with E-state index in [1.165, 1.54) is 12.0 Å². The minimum Gasteiger partial charge on any atom is -0.444 e. The second-order valence-corrected chi connectivity index (χ2v) is 15.5. The molecule has 8 nitrogen and oxygen atoms in total. The summed E-state index contributed by atoms with van der Waals surface area (Å²) in [5, 5.41) is 10.2. The molecule has 0 saturated carbocycles. The molecule has 1 aromatic rings. The number of hydrogen-bond acceptors (Lipinski definition) is 7. The number of ether oxygens (including phenoxy) is 4. The van der Waals surface area contributed by atoms with E-state index in [2.05, 4.69) is 33.9 Å². The summed E-state index contributed by atoms with van der Waals surface area (Å²) in [4.78, 5) is 14.8. The molecule has 2 aliphatic heterocycles. The lowest BCUT2D eigenvalue weighted by atomic mass is 9.93. The van der Waals surface area contributed by atoms with Crippen LogP contribution in [0.2, 0.25) is 18.1 Å². The van der Waals surface area contributed by atoms with Gasteiger partial charge in [0.15, 0.2) is 20.3 Å². The van der Waals surface area contributed by atoms with Crippen molar-refractivity contribution in [3.8, 4) is 0 Å². The van der Waals surface area contributed by atoms with Crippen LogP contribution < -0.4 is 0 Å². The Kier molecular flexibility index (Phi) is 7.62. The van der Waals surface area contributed by atoms with Crippen molar-refractivity contribution in [2.45, 2.75) is 95.7 Å². The zero-order chi connectivity index (χ0) is 24.6. The van der Waals surface area contributed by atoms with E-state index in [9.17, 15) is 9.90 Å². The van der Waals surface area contributed by atoms with Gasteiger partial charge in [0.25, 0.3) is 0 Å². The average Bonchev–Trinajstić information content (AvgIpc) is 3.06. The summed E-state index contributed by atoms with van der Waals surface area (Å²) in [6.45, 7) is 14.2. The zero-order valence-corrected chi connectivity index (χ0v) is 22.0. The third-order valence-corrected chi connectivity index (χ3v) is 11.3. The number of methoxy groups -OCH3 is 1. The lowest BCUT2D eigenvalue weighted by molar-refractivity contribution is -0.189. The lowest BCUT2D eigenvalue weighted by Gasteiger charge is -2.51.